The van der Waals surface area contributed by atoms with E-state index in [1.807, 2.05) is 12.1 Å². The lowest BCUT2D eigenvalue weighted by Gasteiger charge is -2.28. The molecule has 1 saturated carbocycles. The highest BCUT2D eigenvalue weighted by atomic mass is 16.6. The summed E-state index contributed by atoms with van der Waals surface area (Å²) in [7, 11) is 1.57. The van der Waals surface area contributed by atoms with Gasteiger partial charge >= 0.3 is 11.9 Å². The second kappa shape index (κ2) is 12.8. The molecule has 2 aliphatic rings. The Kier molecular flexibility index (Phi) is 9.05. The van der Waals surface area contributed by atoms with Crippen LogP contribution in [0.15, 0.2) is 36.7 Å². The van der Waals surface area contributed by atoms with Crippen molar-refractivity contribution in [1.29, 1.82) is 0 Å². The number of hydrogen-bond donors (Lipinski definition) is 4. The lowest BCUT2D eigenvalue weighted by molar-refractivity contribution is -0.159. The summed E-state index contributed by atoms with van der Waals surface area (Å²) < 4.78 is 16.4. The summed E-state index contributed by atoms with van der Waals surface area (Å²) in [4.78, 5) is 44.4. The monoisotopic (exact) mass is 539 g/mol. The Bertz CT molecular complexity index is 1330. The fraction of sp³-hybridized carbons (Fsp3) is 0.385. The van der Waals surface area contributed by atoms with Crippen molar-refractivity contribution < 1.29 is 38.8 Å². The molecule has 3 aromatic heterocycles. The van der Waals surface area contributed by atoms with Crippen molar-refractivity contribution in [2.75, 3.05) is 25.6 Å². The highest BCUT2D eigenvalue weighted by molar-refractivity contribution is 6.27. The zero-order valence-electron chi connectivity index (χ0n) is 21.3. The van der Waals surface area contributed by atoms with Gasteiger partial charge < -0.3 is 35.1 Å². The summed E-state index contributed by atoms with van der Waals surface area (Å²) in [6.45, 7) is 1.79. The van der Waals surface area contributed by atoms with Crippen LogP contribution in [0.4, 0.5) is 5.69 Å². The van der Waals surface area contributed by atoms with Gasteiger partial charge in [-0.15, -0.1) is 0 Å². The van der Waals surface area contributed by atoms with E-state index in [1.54, 1.807) is 31.6 Å². The van der Waals surface area contributed by atoms with Gasteiger partial charge in [0, 0.05) is 36.8 Å². The molecule has 0 aromatic carbocycles. The SMILES string of the molecule is COc1ccc2nccc(NC(=O)C3CCC(NCc4cc5c(cn4)OCCO5)CC3)c2n1.O=C(O)C(=O)O. The van der Waals surface area contributed by atoms with E-state index in [-0.39, 0.29) is 11.8 Å². The van der Waals surface area contributed by atoms with Crippen molar-refractivity contribution in [3.8, 4) is 17.4 Å². The van der Waals surface area contributed by atoms with Crippen LogP contribution in [0.25, 0.3) is 11.0 Å². The predicted octanol–water partition coefficient (Wildman–Crippen LogP) is 2.25. The molecular formula is C26H29N5O8. The number of pyridine rings is 3. The normalized spacial score (nSPS) is 17.9. The minimum absolute atomic E-state index is 0.0238. The van der Waals surface area contributed by atoms with E-state index in [9.17, 15) is 4.79 Å². The van der Waals surface area contributed by atoms with Gasteiger partial charge in [-0.3, -0.25) is 14.8 Å². The first-order valence-corrected chi connectivity index (χ1v) is 12.4. The Morgan fingerprint density at radius 2 is 1.72 bits per heavy atom. The van der Waals surface area contributed by atoms with Crippen LogP contribution in [0, 0.1) is 5.92 Å². The van der Waals surface area contributed by atoms with Crippen LogP contribution >= 0.6 is 0 Å². The van der Waals surface area contributed by atoms with E-state index in [0.29, 0.717) is 54.2 Å². The molecule has 0 unspecified atom stereocenters. The molecular weight excluding hydrogens is 510 g/mol. The third-order valence-corrected chi connectivity index (χ3v) is 6.36. The van der Waals surface area contributed by atoms with E-state index >= 15 is 0 Å². The summed E-state index contributed by atoms with van der Waals surface area (Å²) >= 11 is 0. The van der Waals surface area contributed by atoms with Crippen LogP contribution in [-0.4, -0.2) is 69.4 Å². The van der Waals surface area contributed by atoms with Crippen LogP contribution in [0.1, 0.15) is 31.4 Å². The second-order valence-corrected chi connectivity index (χ2v) is 8.93. The molecule has 3 aromatic rings. The van der Waals surface area contributed by atoms with Crippen molar-refractivity contribution in [1.82, 2.24) is 20.3 Å². The number of carbonyl (C=O) groups excluding carboxylic acids is 1. The number of rotatable bonds is 6. The van der Waals surface area contributed by atoms with E-state index < -0.39 is 11.9 Å². The maximum absolute atomic E-state index is 12.9. The Morgan fingerprint density at radius 3 is 2.41 bits per heavy atom. The Labute approximate surface area is 223 Å². The molecule has 1 aliphatic carbocycles. The molecule has 4 heterocycles. The van der Waals surface area contributed by atoms with Crippen LogP contribution in [-0.2, 0) is 20.9 Å². The van der Waals surface area contributed by atoms with Gasteiger partial charge in [-0.05, 0) is 37.8 Å². The molecule has 13 nitrogen and oxygen atoms in total. The minimum atomic E-state index is -1.82. The number of fused-ring (bicyclic) bond motifs is 2. The largest absolute Gasteiger partial charge is 0.486 e. The van der Waals surface area contributed by atoms with E-state index in [1.165, 1.54) is 0 Å². The van der Waals surface area contributed by atoms with Crippen molar-refractivity contribution in [3.63, 3.8) is 0 Å². The van der Waals surface area contributed by atoms with Crippen LogP contribution in [0.2, 0.25) is 0 Å². The molecule has 0 radical (unpaired) electrons. The maximum atomic E-state index is 12.9. The van der Waals surface area contributed by atoms with E-state index in [2.05, 4.69) is 25.6 Å². The number of aromatic nitrogens is 3. The number of anilines is 1. The number of methoxy groups -OCH3 is 1. The third kappa shape index (κ3) is 7.29. The first-order chi connectivity index (χ1) is 18.8. The Balaban J connectivity index is 0.000000531. The molecule has 39 heavy (non-hydrogen) atoms. The molecule has 0 saturated heterocycles. The van der Waals surface area contributed by atoms with Gasteiger partial charge in [0.15, 0.2) is 11.5 Å². The molecule has 0 atom stereocenters. The molecule has 1 aliphatic heterocycles. The average molecular weight is 540 g/mol. The van der Waals surface area contributed by atoms with Crippen molar-refractivity contribution >= 4 is 34.6 Å². The number of amides is 1. The number of aliphatic carboxylic acids is 2. The topological polar surface area (TPSA) is 182 Å². The van der Waals surface area contributed by atoms with E-state index in [4.69, 9.17) is 34.0 Å². The summed E-state index contributed by atoms with van der Waals surface area (Å²) in [5, 5.41) is 21.4. The molecule has 206 valence electrons. The Morgan fingerprint density at radius 1 is 1.00 bits per heavy atom. The molecule has 1 fully saturated rings. The van der Waals surface area contributed by atoms with Gasteiger partial charge in [0.1, 0.15) is 18.7 Å². The number of nitrogens with zero attached hydrogens (tertiary/aromatic N) is 3. The zero-order chi connectivity index (χ0) is 27.8. The van der Waals surface area contributed by atoms with Crippen molar-refractivity contribution in [3.05, 3.63) is 42.4 Å². The fourth-order valence-electron chi connectivity index (χ4n) is 4.35. The molecule has 13 heteroatoms. The molecule has 5 rings (SSSR count). The van der Waals surface area contributed by atoms with Gasteiger partial charge in [-0.1, -0.05) is 0 Å². The van der Waals surface area contributed by atoms with Crippen LogP contribution < -0.4 is 24.8 Å². The first-order valence-electron chi connectivity index (χ1n) is 12.4. The van der Waals surface area contributed by atoms with Crippen LogP contribution in [0.3, 0.4) is 0 Å². The van der Waals surface area contributed by atoms with Crippen molar-refractivity contribution in [2.24, 2.45) is 5.92 Å². The fourth-order valence-corrected chi connectivity index (χ4v) is 4.35. The van der Waals surface area contributed by atoms with E-state index in [0.717, 1.165) is 37.1 Å². The number of carbonyl (C=O) groups is 3. The quantitative estimate of drug-likeness (QED) is 0.336. The lowest BCUT2D eigenvalue weighted by atomic mass is 9.85. The first kappa shape index (κ1) is 27.5. The van der Waals surface area contributed by atoms with Gasteiger partial charge in [-0.2, -0.15) is 0 Å². The zero-order valence-corrected chi connectivity index (χ0v) is 21.3. The van der Waals surface area contributed by atoms with Gasteiger partial charge in [0.25, 0.3) is 0 Å². The molecule has 1 amide bonds. The standard InChI is InChI=1S/C24H27N5O4.C2H2O4/c1-31-22-7-6-18-23(29-22)19(8-9-25-18)28-24(30)15-2-4-16(5-3-15)26-13-17-12-20-21(14-27-17)33-11-10-32-20;3-1(4)2(5)6/h6-9,12,14-16,26H,2-5,10-11,13H2,1H3,(H,25,28,30);(H,3,4)(H,5,6). The van der Waals surface area contributed by atoms with Gasteiger partial charge in [0.05, 0.1) is 30.2 Å². The van der Waals surface area contributed by atoms with Crippen molar-refractivity contribution in [2.45, 2.75) is 38.3 Å². The third-order valence-electron chi connectivity index (χ3n) is 6.36. The number of hydrogen-bond acceptors (Lipinski definition) is 10. The summed E-state index contributed by atoms with van der Waals surface area (Å²) in [5.74, 6) is -1.70. The Hall–Kier alpha value is -4.52. The lowest BCUT2D eigenvalue weighted by Crippen LogP contribution is -2.36. The number of carboxylic acids is 2. The van der Waals surface area contributed by atoms with Gasteiger partial charge in [-0.25, -0.2) is 14.6 Å². The summed E-state index contributed by atoms with van der Waals surface area (Å²) in [6, 6.07) is 7.67. The summed E-state index contributed by atoms with van der Waals surface area (Å²) in [6.07, 6.45) is 6.94. The molecule has 4 N–H and O–H groups in total. The molecule has 0 bridgehead atoms. The number of carboxylic acid groups (broad SMARTS) is 2. The maximum Gasteiger partial charge on any atom is 0.414 e. The summed E-state index contributed by atoms with van der Waals surface area (Å²) in [5.41, 5.74) is 2.93. The highest BCUT2D eigenvalue weighted by Gasteiger charge is 2.27. The van der Waals surface area contributed by atoms with Gasteiger partial charge in [0.2, 0.25) is 11.8 Å². The molecule has 0 spiro atoms. The predicted molar refractivity (Wildman–Crippen MR) is 138 cm³/mol. The minimum Gasteiger partial charge on any atom is -0.486 e. The second-order valence-electron chi connectivity index (χ2n) is 8.93. The van der Waals surface area contributed by atoms with Crippen LogP contribution in [0.5, 0.6) is 17.4 Å². The average Bonchev–Trinajstić information content (AvgIpc) is 2.96. The number of nitrogens with one attached hydrogen (secondary N) is 2. The highest BCUT2D eigenvalue weighted by Crippen LogP contribution is 2.30. The number of ether oxygens (including phenoxy) is 3. The smallest absolute Gasteiger partial charge is 0.414 e.